The van der Waals surface area contributed by atoms with E-state index in [0.717, 1.165) is 16.9 Å². The van der Waals surface area contributed by atoms with Crippen LogP contribution in [0.5, 0.6) is 17.2 Å². The van der Waals surface area contributed by atoms with Gasteiger partial charge in [0, 0.05) is 31.8 Å². The van der Waals surface area contributed by atoms with Gasteiger partial charge in [-0.3, -0.25) is 4.99 Å². The molecule has 0 bridgehead atoms. The van der Waals surface area contributed by atoms with Crippen LogP contribution < -0.4 is 20.1 Å². The normalized spacial score (nSPS) is 11.1. The molecule has 0 heterocycles. The van der Waals surface area contributed by atoms with E-state index in [2.05, 4.69) is 15.6 Å². The summed E-state index contributed by atoms with van der Waals surface area (Å²) in [5, 5.41) is 16.5. The number of hydrogen-bond acceptors (Lipinski definition) is 4. The number of hydrogen-bond donors (Lipinski definition) is 3. The summed E-state index contributed by atoms with van der Waals surface area (Å²) in [5.74, 6) is 2.45. The van der Waals surface area contributed by atoms with Gasteiger partial charge in [0.15, 0.2) is 5.96 Å². The average molecular weight is 357 g/mol. The fourth-order valence-corrected chi connectivity index (χ4v) is 2.54. The standard InChI is InChI=1S/C20H27N3O3/c1-4-26-19-8-6-5-7-16(19)14-23-20(21-2)22-12-11-15-9-10-17(25-3)13-18(15)24/h5-10,13,24H,4,11-12,14H2,1-3H3,(H2,21,22,23). The van der Waals surface area contributed by atoms with Crippen molar-refractivity contribution in [2.24, 2.45) is 4.99 Å². The van der Waals surface area contributed by atoms with Crippen LogP contribution in [-0.4, -0.2) is 38.4 Å². The first kappa shape index (κ1) is 19.4. The molecule has 0 fully saturated rings. The number of rotatable bonds is 8. The van der Waals surface area contributed by atoms with Gasteiger partial charge in [0.2, 0.25) is 0 Å². The molecule has 26 heavy (non-hydrogen) atoms. The van der Waals surface area contributed by atoms with Crippen LogP contribution in [-0.2, 0) is 13.0 Å². The molecule has 3 N–H and O–H groups in total. The number of phenols is 1. The lowest BCUT2D eigenvalue weighted by Crippen LogP contribution is -2.37. The van der Waals surface area contributed by atoms with Crippen molar-refractivity contribution in [3.05, 3.63) is 53.6 Å². The Balaban J connectivity index is 1.85. The summed E-state index contributed by atoms with van der Waals surface area (Å²) in [6.45, 7) is 3.87. The third kappa shape index (κ3) is 5.58. The van der Waals surface area contributed by atoms with Crippen molar-refractivity contribution in [1.29, 1.82) is 0 Å². The number of phenolic OH excluding ortho intramolecular Hbond substituents is 1. The molecule has 0 amide bonds. The lowest BCUT2D eigenvalue weighted by molar-refractivity contribution is 0.336. The first-order valence-electron chi connectivity index (χ1n) is 8.69. The number of benzene rings is 2. The van der Waals surface area contributed by atoms with Crippen molar-refractivity contribution in [1.82, 2.24) is 10.6 Å². The number of nitrogens with one attached hydrogen (secondary N) is 2. The predicted molar refractivity (Wildman–Crippen MR) is 104 cm³/mol. The number of nitrogens with zero attached hydrogens (tertiary/aromatic N) is 1. The molecule has 0 atom stereocenters. The molecule has 0 unspecified atom stereocenters. The predicted octanol–water partition coefficient (Wildman–Crippen LogP) is 2.71. The second kappa shape index (κ2) is 10.2. The van der Waals surface area contributed by atoms with Crippen LogP contribution in [0.2, 0.25) is 0 Å². The Bertz CT molecular complexity index is 732. The summed E-state index contributed by atoms with van der Waals surface area (Å²) in [7, 11) is 3.31. The minimum absolute atomic E-state index is 0.236. The van der Waals surface area contributed by atoms with Gasteiger partial charge >= 0.3 is 0 Å². The van der Waals surface area contributed by atoms with Crippen LogP contribution in [0, 0.1) is 0 Å². The van der Waals surface area contributed by atoms with Crippen molar-refractivity contribution in [2.75, 3.05) is 27.3 Å². The van der Waals surface area contributed by atoms with Crippen LogP contribution in [0.15, 0.2) is 47.5 Å². The minimum atomic E-state index is 0.236. The van der Waals surface area contributed by atoms with E-state index in [1.54, 1.807) is 20.2 Å². The lowest BCUT2D eigenvalue weighted by atomic mass is 10.1. The Labute approximate surface area is 154 Å². The second-order valence-electron chi connectivity index (χ2n) is 5.64. The highest BCUT2D eigenvalue weighted by Gasteiger charge is 2.06. The molecule has 2 aromatic carbocycles. The van der Waals surface area contributed by atoms with E-state index in [4.69, 9.17) is 9.47 Å². The SMILES string of the molecule is CCOc1ccccc1CNC(=NC)NCCc1ccc(OC)cc1O. The highest BCUT2D eigenvalue weighted by atomic mass is 16.5. The molecule has 6 heteroatoms. The highest BCUT2D eigenvalue weighted by molar-refractivity contribution is 5.79. The Hall–Kier alpha value is -2.89. The van der Waals surface area contributed by atoms with Crippen LogP contribution in [0.25, 0.3) is 0 Å². The molecule has 0 radical (unpaired) electrons. The third-order valence-electron chi connectivity index (χ3n) is 3.92. The van der Waals surface area contributed by atoms with Gasteiger partial charge < -0.3 is 25.2 Å². The summed E-state index contributed by atoms with van der Waals surface area (Å²) in [6.07, 6.45) is 0.673. The van der Waals surface area contributed by atoms with Gasteiger partial charge in [0.05, 0.1) is 13.7 Å². The number of guanidine groups is 1. The fourth-order valence-electron chi connectivity index (χ4n) is 2.54. The molecule has 0 aliphatic carbocycles. The maximum atomic E-state index is 10.0. The summed E-state index contributed by atoms with van der Waals surface area (Å²) in [5.41, 5.74) is 1.93. The molecule has 0 spiro atoms. The quantitative estimate of drug-likeness (QED) is 0.500. The van der Waals surface area contributed by atoms with Gasteiger partial charge in [-0.2, -0.15) is 0 Å². The van der Waals surface area contributed by atoms with Crippen molar-refractivity contribution < 1.29 is 14.6 Å². The fraction of sp³-hybridized carbons (Fsp3) is 0.350. The van der Waals surface area contributed by atoms with Gasteiger partial charge in [-0.25, -0.2) is 0 Å². The van der Waals surface area contributed by atoms with Crippen LogP contribution >= 0.6 is 0 Å². The average Bonchev–Trinajstić information content (AvgIpc) is 2.66. The van der Waals surface area contributed by atoms with E-state index in [0.29, 0.717) is 37.8 Å². The lowest BCUT2D eigenvalue weighted by Gasteiger charge is -2.14. The molecule has 0 saturated heterocycles. The van der Waals surface area contributed by atoms with E-state index < -0.39 is 0 Å². The molecule has 2 rings (SSSR count). The monoisotopic (exact) mass is 357 g/mol. The molecule has 0 aliphatic rings. The number of aliphatic imine (C=N–C) groups is 1. The Morgan fingerprint density at radius 1 is 1.12 bits per heavy atom. The summed E-state index contributed by atoms with van der Waals surface area (Å²) in [4.78, 5) is 4.23. The van der Waals surface area contributed by atoms with Gasteiger partial charge in [0.1, 0.15) is 17.2 Å². The van der Waals surface area contributed by atoms with Crippen LogP contribution in [0.4, 0.5) is 0 Å². The molecule has 0 aliphatic heterocycles. The number of ether oxygens (including phenoxy) is 2. The molecule has 6 nitrogen and oxygen atoms in total. The zero-order chi connectivity index (χ0) is 18.8. The minimum Gasteiger partial charge on any atom is -0.508 e. The maximum Gasteiger partial charge on any atom is 0.191 e. The molecular formula is C20H27N3O3. The van der Waals surface area contributed by atoms with Crippen LogP contribution in [0.1, 0.15) is 18.1 Å². The van der Waals surface area contributed by atoms with E-state index >= 15 is 0 Å². The molecular weight excluding hydrogens is 330 g/mol. The van der Waals surface area contributed by atoms with E-state index in [1.165, 1.54) is 0 Å². The van der Waals surface area contributed by atoms with Crippen molar-refractivity contribution >= 4 is 5.96 Å². The Morgan fingerprint density at radius 2 is 1.92 bits per heavy atom. The number of aromatic hydroxyl groups is 1. The van der Waals surface area contributed by atoms with Gasteiger partial charge in [0.25, 0.3) is 0 Å². The highest BCUT2D eigenvalue weighted by Crippen LogP contribution is 2.23. The topological polar surface area (TPSA) is 75.1 Å². The Morgan fingerprint density at radius 3 is 2.62 bits per heavy atom. The van der Waals surface area contributed by atoms with Crippen molar-refractivity contribution in [2.45, 2.75) is 19.9 Å². The largest absolute Gasteiger partial charge is 0.508 e. The molecule has 140 valence electrons. The van der Waals surface area contributed by atoms with Crippen LogP contribution in [0.3, 0.4) is 0 Å². The third-order valence-corrected chi connectivity index (χ3v) is 3.92. The first-order chi connectivity index (χ1) is 12.7. The van der Waals surface area contributed by atoms with E-state index in [-0.39, 0.29) is 5.75 Å². The molecule has 0 aromatic heterocycles. The van der Waals surface area contributed by atoms with Gasteiger partial charge in [-0.15, -0.1) is 0 Å². The Kier molecular flexibility index (Phi) is 7.61. The van der Waals surface area contributed by atoms with Crippen molar-refractivity contribution in [3.8, 4) is 17.2 Å². The van der Waals surface area contributed by atoms with E-state index in [1.807, 2.05) is 43.3 Å². The molecule has 0 saturated carbocycles. The maximum absolute atomic E-state index is 10.0. The van der Waals surface area contributed by atoms with Gasteiger partial charge in [-0.05, 0) is 31.0 Å². The number of para-hydroxylation sites is 1. The smallest absolute Gasteiger partial charge is 0.191 e. The summed E-state index contributed by atoms with van der Waals surface area (Å²) in [6, 6.07) is 13.3. The zero-order valence-corrected chi connectivity index (χ0v) is 15.6. The first-order valence-corrected chi connectivity index (χ1v) is 8.69. The van der Waals surface area contributed by atoms with Crippen molar-refractivity contribution in [3.63, 3.8) is 0 Å². The summed E-state index contributed by atoms with van der Waals surface area (Å²) >= 11 is 0. The number of methoxy groups -OCH3 is 1. The molecule has 2 aromatic rings. The van der Waals surface area contributed by atoms with E-state index in [9.17, 15) is 5.11 Å². The zero-order valence-electron chi connectivity index (χ0n) is 15.6. The second-order valence-corrected chi connectivity index (χ2v) is 5.64. The van der Waals surface area contributed by atoms with Gasteiger partial charge in [-0.1, -0.05) is 24.3 Å². The summed E-state index contributed by atoms with van der Waals surface area (Å²) < 4.78 is 10.7.